The molecule has 4 aromatic rings. The number of fused-ring (bicyclic) bond motifs is 1. The summed E-state index contributed by atoms with van der Waals surface area (Å²) in [6, 6.07) is 17.2. The van der Waals surface area contributed by atoms with Gasteiger partial charge >= 0.3 is 0 Å². The van der Waals surface area contributed by atoms with Gasteiger partial charge in [-0.3, -0.25) is 9.48 Å². The van der Waals surface area contributed by atoms with E-state index in [0.717, 1.165) is 16.5 Å². The number of benzene rings is 2. The van der Waals surface area contributed by atoms with E-state index in [1.54, 1.807) is 32.4 Å². The first-order chi connectivity index (χ1) is 14.0. The predicted molar refractivity (Wildman–Crippen MR) is 107 cm³/mol. The van der Waals surface area contributed by atoms with E-state index in [9.17, 15) is 9.18 Å². The zero-order valence-electron chi connectivity index (χ0n) is 16.1. The number of nitrogens with zero attached hydrogens (tertiary/aromatic N) is 2. The SMILES string of the molecule is CO[C@H](CNC(=O)c1cc(-c2ccc(F)cc2)nn1C)c1cc2ccccc2o1. The van der Waals surface area contributed by atoms with E-state index in [1.807, 2.05) is 30.3 Å². The lowest BCUT2D eigenvalue weighted by Gasteiger charge is -2.13. The summed E-state index contributed by atoms with van der Waals surface area (Å²) in [5, 5.41) is 8.19. The number of ether oxygens (including phenoxy) is 1. The van der Waals surface area contributed by atoms with Gasteiger partial charge < -0.3 is 14.5 Å². The fourth-order valence-corrected chi connectivity index (χ4v) is 3.18. The number of carbonyl (C=O) groups excluding carboxylic acids is 1. The molecule has 0 saturated carbocycles. The first kappa shape index (κ1) is 18.9. The van der Waals surface area contributed by atoms with E-state index >= 15 is 0 Å². The fraction of sp³-hybridized carbons (Fsp3) is 0.182. The third-order valence-corrected chi connectivity index (χ3v) is 4.75. The van der Waals surface area contributed by atoms with E-state index in [0.29, 0.717) is 17.1 Å². The van der Waals surface area contributed by atoms with Crippen molar-refractivity contribution >= 4 is 16.9 Å². The number of aromatic nitrogens is 2. The highest BCUT2D eigenvalue weighted by Crippen LogP contribution is 2.25. The minimum atomic E-state index is -0.420. The van der Waals surface area contributed by atoms with Gasteiger partial charge in [-0.05, 0) is 42.5 Å². The number of furan rings is 1. The molecule has 0 saturated heterocycles. The average Bonchev–Trinajstić information content (AvgIpc) is 3.32. The summed E-state index contributed by atoms with van der Waals surface area (Å²) in [6.07, 6.45) is -0.420. The molecule has 4 rings (SSSR count). The van der Waals surface area contributed by atoms with Crippen LogP contribution in [0.5, 0.6) is 0 Å². The number of hydrogen-bond donors (Lipinski definition) is 1. The van der Waals surface area contributed by atoms with Gasteiger partial charge in [0.15, 0.2) is 0 Å². The number of para-hydroxylation sites is 1. The third kappa shape index (κ3) is 3.90. The van der Waals surface area contributed by atoms with Gasteiger partial charge in [0.2, 0.25) is 0 Å². The van der Waals surface area contributed by atoms with Crippen molar-refractivity contribution in [3.05, 3.63) is 77.9 Å². The normalized spacial score (nSPS) is 12.2. The van der Waals surface area contributed by atoms with Crippen LogP contribution in [0, 0.1) is 5.82 Å². The van der Waals surface area contributed by atoms with Gasteiger partial charge in [-0.1, -0.05) is 18.2 Å². The lowest BCUT2D eigenvalue weighted by Crippen LogP contribution is -2.30. The second kappa shape index (κ2) is 7.89. The van der Waals surface area contributed by atoms with Gasteiger partial charge in [0, 0.05) is 25.1 Å². The lowest BCUT2D eigenvalue weighted by atomic mass is 10.1. The molecule has 1 amide bonds. The molecular weight excluding hydrogens is 373 g/mol. The minimum Gasteiger partial charge on any atom is -0.458 e. The number of nitrogens with one attached hydrogen (secondary N) is 1. The summed E-state index contributed by atoms with van der Waals surface area (Å²) < 4.78 is 26.0. The summed E-state index contributed by atoms with van der Waals surface area (Å²) in [5.41, 5.74) is 2.49. The van der Waals surface area contributed by atoms with Crippen molar-refractivity contribution in [2.75, 3.05) is 13.7 Å². The molecule has 1 N–H and O–H groups in total. The quantitative estimate of drug-likeness (QED) is 0.536. The molecular formula is C22H20FN3O3. The summed E-state index contributed by atoms with van der Waals surface area (Å²) >= 11 is 0. The monoisotopic (exact) mass is 393 g/mol. The number of halogens is 1. The van der Waals surface area contributed by atoms with E-state index in [-0.39, 0.29) is 18.3 Å². The lowest BCUT2D eigenvalue weighted by molar-refractivity contribution is 0.0742. The summed E-state index contributed by atoms with van der Waals surface area (Å²) in [7, 11) is 3.26. The zero-order chi connectivity index (χ0) is 20.4. The molecule has 2 heterocycles. The van der Waals surface area contributed by atoms with E-state index < -0.39 is 6.10 Å². The van der Waals surface area contributed by atoms with Gasteiger partial charge in [0.1, 0.15) is 29.0 Å². The third-order valence-electron chi connectivity index (χ3n) is 4.75. The van der Waals surface area contributed by atoms with Gasteiger partial charge in [-0.25, -0.2) is 4.39 Å². The molecule has 0 bridgehead atoms. The van der Waals surface area contributed by atoms with E-state index in [1.165, 1.54) is 16.8 Å². The summed E-state index contributed by atoms with van der Waals surface area (Å²) in [4.78, 5) is 12.7. The smallest absolute Gasteiger partial charge is 0.269 e. The highest BCUT2D eigenvalue weighted by atomic mass is 19.1. The Hall–Kier alpha value is -3.45. The van der Waals surface area contributed by atoms with Crippen molar-refractivity contribution in [3.63, 3.8) is 0 Å². The Bertz CT molecular complexity index is 1110. The number of carbonyl (C=O) groups is 1. The molecule has 0 aliphatic heterocycles. The van der Waals surface area contributed by atoms with Crippen molar-refractivity contribution in [2.45, 2.75) is 6.10 Å². The highest BCUT2D eigenvalue weighted by molar-refractivity contribution is 5.93. The van der Waals surface area contributed by atoms with Crippen LogP contribution in [-0.2, 0) is 11.8 Å². The van der Waals surface area contributed by atoms with E-state index in [2.05, 4.69) is 10.4 Å². The van der Waals surface area contributed by atoms with Crippen LogP contribution in [0.15, 0.2) is 65.1 Å². The Balaban J connectivity index is 1.48. The molecule has 148 valence electrons. The number of methoxy groups -OCH3 is 1. The second-order valence-corrected chi connectivity index (χ2v) is 6.67. The van der Waals surface area contributed by atoms with Crippen molar-refractivity contribution in [2.24, 2.45) is 7.05 Å². The maximum absolute atomic E-state index is 13.1. The van der Waals surface area contributed by atoms with Crippen molar-refractivity contribution in [1.29, 1.82) is 0 Å². The molecule has 0 aliphatic carbocycles. The largest absolute Gasteiger partial charge is 0.458 e. The highest BCUT2D eigenvalue weighted by Gasteiger charge is 2.19. The number of aryl methyl sites for hydroxylation is 1. The Labute approximate surface area is 166 Å². The minimum absolute atomic E-state index is 0.242. The molecule has 0 fully saturated rings. The van der Waals surface area contributed by atoms with Crippen LogP contribution in [0.2, 0.25) is 0 Å². The predicted octanol–water partition coefficient (Wildman–Crippen LogP) is 4.09. The molecule has 0 unspecified atom stereocenters. The maximum atomic E-state index is 13.1. The molecule has 2 aromatic heterocycles. The van der Waals surface area contributed by atoms with Crippen molar-refractivity contribution < 1.29 is 18.3 Å². The van der Waals surface area contributed by atoms with Crippen LogP contribution in [0.1, 0.15) is 22.4 Å². The van der Waals surface area contributed by atoms with Gasteiger partial charge in [-0.15, -0.1) is 0 Å². The first-order valence-corrected chi connectivity index (χ1v) is 9.14. The van der Waals surface area contributed by atoms with Crippen LogP contribution in [0.25, 0.3) is 22.2 Å². The molecule has 0 aliphatic rings. The standard InChI is InChI=1S/C22H20FN3O3/c1-26-18(12-17(25-26)14-7-9-16(23)10-8-14)22(27)24-13-21(28-2)20-11-15-5-3-4-6-19(15)29-20/h3-12,21H,13H2,1-2H3,(H,24,27)/t21-/m1/s1. The Morgan fingerprint density at radius 3 is 2.69 bits per heavy atom. The van der Waals surface area contributed by atoms with Gasteiger partial charge in [0.25, 0.3) is 5.91 Å². The molecule has 0 spiro atoms. The van der Waals surface area contributed by atoms with Crippen LogP contribution in [0.3, 0.4) is 0 Å². The van der Waals surface area contributed by atoms with Gasteiger partial charge in [-0.2, -0.15) is 5.10 Å². The number of hydrogen-bond acceptors (Lipinski definition) is 4. The molecule has 2 aromatic carbocycles. The number of rotatable bonds is 6. The van der Waals surface area contributed by atoms with Crippen LogP contribution in [-0.4, -0.2) is 29.3 Å². The Morgan fingerprint density at radius 1 is 1.21 bits per heavy atom. The topological polar surface area (TPSA) is 69.3 Å². The molecule has 7 heteroatoms. The second-order valence-electron chi connectivity index (χ2n) is 6.67. The molecule has 0 radical (unpaired) electrons. The average molecular weight is 393 g/mol. The zero-order valence-corrected chi connectivity index (χ0v) is 16.1. The summed E-state index contributed by atoms with van der Waals surface area (Å²) in [6.45, 7) is 0.242. The van der Waals surface area contributed by atoms with Crippen molar-refractivity contribution in [1.82, 2.24) is 15.1 Å². The van der Waals surface area contributed by atoms with Crippen molar-refractivity contribution in [3.8, 4) is 11.3 Å². The van der Waals surface area contributed by atoms with Crippen LogP contribution in [0.4, 0.5) is 4.39 Å². The van der Waals surface area contributed by atoms with E-state index in [4.69, 9.17) is 9.15 Å². The summed E-state index contributed by atoms with van der Waals surface area (Å²) in [5.74, 6) is 0.0383. The molecule has 6 nitrogen and oxygen atoms in total. The molecule has 29 heavy (non-hydrogen) atoms. The first-order valence-electron chi connectivity index (χ1n) is 9.14. The Kier molecular flexibility index (Phi) is 5.14. The Morgan fingerprint density at radius 2 is 1.97 bits per heavy atom. The van der Waals surface area contributed by atoms with Gasteiger partial charge in [0.05, 0.1) is 12.2 Å². The molecule has 1 atom stereocenters. The maximum Gasteiger partial charge on any atom is 0.269 e. The fourth-order valence-electron chi connectivity index (χ4n) is 3.18. The number of amides is 1. The van der Waals surface area contributed by atoms with Crippen LogP contribution >= 0.6 is 0 Å². The van der Waals surface area contributed by atoms with Crippen LogP contribution < -0.4 is 5.32 Å².